The van der Waals surface area contributed by atoms with Gasteiger partial charge < -0.3 is 10.2 Å². The van der Waals surface area contributed by atoms with Crippen LogP contribution in [0, 0.1) is 20.8 Å². The lowest BCUT2D eigenvalue weighted by Gasteiger charge is -2.35. The number of aryl methyl sites for hydroxylation is 3. The van der Waals surface area contributed by atoms with Crippen LogP contribution < -0.4 is 5.32 Å². The Bertz CT molecular complexity index is 797. The number of likely N-dealkylation sites (tertiary alicyclic amines) is 1. The molecule has 2 fully saturated rings. The van der Waals surface area contributed by atoms with E-state index < -0.39 is 16.1 Å². The minimum atomic E-state index is -3.69. The molecule has 0 aromatic heterocycles. The van der Waals surface area contributed by atoms with Gasteiger partial charge >= 0.3 is 0 Å². The Morgan fingerprint density at radius 3 is 2.14 bits per heavy atom. The number of hydrogen-bond donors (Lipinski definition) is 1. The highest BCUT2D eigenvalue weighted by atomic mass is 35.5. The Morgan fingerprint density at radius 1 is 1.04 bits per heavy atom. The number of nitrogens with one attached hydrogen (secondary N) is 1. The Kier molecular flexibility index (Phi) is 7.53. The summed E-state index contributed by atoms with van der Waals surface area (Å²) in [6.07, 6.45) is 3.16. The zero-order valence-electron chi connectivity index (χ0n) is 17.2. The van der Waals surface area contributed by atoms with Crippen LogP contribution in [0.3, 0.4) is 0 Å². The van der Waals surface area contributed by atoms with Crippen molar-refractivity contribution in [2.45, 2.75) is 63.4 Å². The molecule has 3 rings (SSSR count). The van der Waals surface area contributed by atoms with E-state index in [1.165, 1.54) is 4.31 Å². The van der Waals surface area contributed by atoms with E-state index in [4.69, 9.17) is 0 Å². The van der Waals surface area contributed by atoms with E-state index in [2.05, 4.69) is 5.32 Å². The van der Waals surface area contributed by atoms with Gasteiger partial charge in [-0.1, -0.05) is 17.7 Å². The molecule has 158 valence electrons. The SMILES string of the molecule is CNC1CCN(C(=O)C2CCCN2S(=O)(=O)c2c(C)cc(C)cc2C)CC1.Cl. The number of halogens is 1. The summed E-state index contributed by atoms with van der Waals surface area (Å²) < 4.78 is 28.3. The van der Waals surface area contributed by atoms with Crippen LogP contribution >= 0.6 is 12.4 Å². The van der Waals surface area contributed by atoms with Crippen LogP contribution in [0.25, 0.3) is 0 Å². The summed E-state index contributed by atoms with van der Waals surface area (Å²) in [6.45, 7) is 7.44. The summed E-state index contributed by atoms with van der Waals surface area (Å²) in [7, 11) is -1.75. The zero-order chi connectivity index (χ0) is 19.8. The van der Waals surface area contributed by atoms with E-state index in [1.807, 2.05) is 44.9 Å². The van der Waals surface area contributed by atoms with Gasteiger partial charge in [-0.2, -0.15) is 4.31 Å². The largest absolute Gasteiger partial charge is 0.341 e. The second kappa shape index (κ2) is 9.11. The van der Waals surface area contributed by atoms with Gasteiger partial charge in [-0.05, 0) is 64.6 Å². The number of hydrogen-bond acceptors (Lipinski definition) is 4. The number of amides is 1. The van der Waals surface area contributed by atoms with Crippen LogP contribution in [0.5, 0.6) is 0 Å². The van der Waals surface area contributed by atoms with E-state index >= 15 is 0 Å². The number of benzene rings is 1. The lowest BCUT2D eigenvalue weighted by molar-refractivity contribution is -0.135. The van der Waals surface area contributed by atoms with Crippen LogP contribution in [-0.2, 0) is 14.8 Å². The third-order valence-corrected chi connectivity index (χ3v) is 8.09. The average Bonchev–Trinajstić information content (AvgIpc) is 3.10. The molecule has 1 amide bonds. The lowest BCUT2D eigenvalue weighted by Crippen LogP contribution is -2.51. The molecule has 1 aromatic rings. The molecule has 2 heterocycles. The minimum Gasteiger partial charge on any atom is -0.341 e. The fourth-order valence-electron chi connectivity index (χ4n) is 4.56. The van der Waals surface area contributed by atoms with E-state index in [1.54, 1.807) is 0 Å². The predicted octanol–water partition coefficient (Wildman–Crippen LogP) is 2.40. The first-order valence-electron chi connectivity index (χ1n) is 9.81. The fraction of sp³-hybridized carbons (Fsp3) is 0.650. The smallest absolute Gasteiger partial charge is 0.244 e. The molecule has 0 spiro atoms. The predicted molar refractivity (Wildman–Crippen MR) is 113 cm³/mol. The highest BCUT2D eigenvalue weighted by molar-refractivity contribution is 7.89. The van der Waals surface area contributed by atoms with E-state index in [0.717, 1.165) is 36.0 Å². The summed E-state index contributed by atoms with van der Waals surface area (Å²) in [5.74, 6) is -0.0342. The fourth-order valence-corrected chi connectivity index (χ4v) is 6.63. The topological polar surface area (TPSA) is 69.7 Å². The number of piperidine rings is 1. The highest BCUT2D eigenvalue weighted by Crippen LogP contribution is 2.31. The molecule has 1 aromatic carbocycles. The Labute approximate surface area is 175 Å². The molecule has 28 heavy (non-hydrogen) atoms. The molecule has 6 nitrogen and oxygen atoms in total. The first-order valence-corrected chi connectivity index (χ1v) is 11.3. The molecule has 8 heteroatoms. The van der Waals surface area contributed by atoms with Gasteiger partial charge in [0.05, 0.1) is 4.90 Å². The second-order valence-corrected chi connectivity index (χ2v) is 9.72. The lowest BCUT2D eigenvalue weighted by atomic mass is 10.0. The monoisotopic (exact) mass is 429 g/mol. The molecular formula is C20H32ClN3O3S. The van der Waals surface area contributed by atoms with Crippen molar-refractivity contribution in [1.29, 1.82) is 0 Å². The van der Waals surface area contributed by atoms with Crippen molar-refractivity contribution >= 4 is 28.3 Å². The average molecular weight is 430 g/mol. The molecule has 0 saturated carbocycles. The van der Waals surface area contributed by atoms with E-state index in [-0.39, 0.29) is 18.3 Å². The third kappa shape index (κ3) is 4.37. The van der Waals surface area contributed by atoms with Crippen molar-refractivity contribution in [3.8, 4) is 0 Å². The Morgan fingerprint density at radius 2 is 1.61 bits per heavy atom. The van der Waals surface area contributed by atoms with Crippen molar-refractivity contribution < 1.29 is 13.2 Å². The molecule has 2 saturated heterocycles. The molecule has 0 aliphatic carbocycles. The van der Waals surface area contributed by atoms with Crippen LogP contribution in [0.1, 0.15) is 42.4 Å². The summed E-state index contributed by atoms with van der Waals surface area (Å²) in [4.78, 5) is 15.3. The van der Waals surface area contributed by atoms with Gasteiger partial charge in [0, 0.05) is 25.7 Å². The zero-order valence-corrected chi connectivity index (χ0v) is 18.8. The van der Waals surface area contributed by atoms with Crippen LogP contribution in [0.15, 0.2) is 17.0 Å². The molecule has 1 N–H and O–H groups in total. The van der Waals surface area contributed by atoms with Gasteiger partial charge in [0.25, 0.3) is 0 Å². The van der Waals surface area contributed by atoms with Gasteiger partial charge in [0.2, 0.25) is 15.9 Å². The summed E-state index contributed by atoms with van der Waals surface area (Å²) >= 11 is 0. The summed E-state index contributed by atoms with van der Waals surface area (Å²) in [5, 5.41) is 3.26. The maximum atomic E-state index is 13.4. The third-order valence-electron chi connectivity index (χ3n) is 5.87. The Hall–Kier alpha value is -1.15. The van der Waals surface area contributed by atoms with Gasteiger partial charge in [-0.15, -0.1) is 12.4 Å². The maximum absolute atomic E-state index is 13.4. The number of rotatable bonds is 4. The van der Waals surface area contributed by atoms with Gasteiger partial charge in [0.15, 0.2) is 0 Å². The van der Waals surface area contributed by atoms with Crippen molar-refractivity contribution in [2.24, 2.45) is 0 Å². The van der Waals surface area contributed by atoms with Crippen LogP contribution in [0.2, 0.25) is 0 Å². The highest BCUT2D eigenvalue weighted by Gasteiger charge is 2.42. The van der Waals surface area contributed by atoms with Crippen molar-refractivity contribution in [1.82, 2.24) is 14.5 Å². The first kappa shape index (κ1) is 23.1. The van der Waals surface area contributed by atoms with Gasteiger partial charge in [-0.25, -0.2) is 8.42 Å². The van der Waals surface area contributed by atoms with Gasteiger partial charge in [-0.3, -0.25) is 4.79 Å². The second-order valence-electron chi connectivity index (χ2n) is 7.89. The summed E-state index contributed by atoms with van der Waals surface area (Å²) in [6, 6.07) is 3.67. The van der Waals surface area contributed by atoms with E-state index in [9.17, 15) is 13.2 Å². The van der Waals surface area contributed by atoms with Crippen LogP contribution in [-0.4, -0.2) is 62.3 Å². The number of sulfonamides is 1. The standard InChI is InChI=1S/C20H31N3O3S.ClH/c1-14-12-15(2)19(16(3)13-14)27(25,26)23-9-5-6-18(23)20(24)22-10-7-17(21-4)8-11-22;/h12-13,17-18,21H,5-11H2,1-4H3;1H. The van der Waals surface area contributed by atoms with E-state index in [0.29, 0.717) is 37.0 Å². The molecule has 0 bridgehead atoms. The van der Waals surface area contributed by atoms with Crippen molar-refractivity contribution in [3.05, 3.63) is 28.8 Å². The molecule has 0 radical (unpaired) electrons. The number of carbonyl (C=O) groups is 1. The van der Waals surface area contributed by atoms with Crippen molar-refractivity contribution in [3.63, 3.8) is 0 Å². The molecular weight excluding hydrogens is 398 g/mol. The molecule has 2 aliphatic heterocycles. The number of nitrogens with zero attached hydrogens (tertiary/aromatic N) is 2. The molecule has 2 aliphatic rings. The van der Waals surface area contributed by atoms with Crippen molar-refractivity contribution in [2.75, 3.05) is 26.7 Å². The number of carbonyl (C=O) groups excluding carboxylic acids is 1. The minimum absolute atomic E-state index is 0. The van der Waals surface area contributed by atoms with Crippen LogP contribution in [0.4, 0.5) is 0 Å². The quantitative estimate of drug-likeness (QED) is 0.797. The summed E-state index contributed by atoms with van der Waals surface area (Å²) in [5.41, 5.74) is 2.55. The Balaban J connectivity index is 0.00000280. The normalized spacial score (nSPS) is 21.6. The molecule has 1 unspecified atom stereocenters. The van der Waals surface area contributed by atoms with Gasteiger partial charge in [0.1, 0.15) is 6.04 Å². The maximum Gasteiger partial charge on any atom is 0.244 e. The molecule has 1 atom stereocenters. The first-order chi connectivity index (χ1) is 12.8.